The number of fused-ring (bicyclic) bond motifs is 11. The molecule has 0 N–H and O–H groups in total. The molecule has 0 aliphatic heterocycles. The molecule has 0 unspecified atom stereocenters. The fraction of sp³-hybridized carbons (Fsp3) is 0. The third kappa shape index (κ3) is 3.36. The lowest BCUT2D eigenvalue weighted by Crippen LogP contribution is -2.09. The van der Waals surface area contributed by atoms with Gasteiger partial charge in [-0.05, 0) is 70.8 Å². The van der Waals surface area contributed by atoms with E-state index < -0.39 is 0 Å². The normalized spacial score (nSPS) is 11.9. The van der Waals surface area contributed by atoms with Crippen molar-refractivity contribution in [1.29, 1.82) is 0 Å². The number of hydrogen-bond donors (Lipinski definition) is 0. The number of rotatable bonds is 3. The summed E-state index contributed by atoms with van der Waals surface area (Å²) in [5.41, 5.74) is 5.20. The van der Waals surface area contributed by atoms with Crippen molar-refractivity contribution >= 4 is 92.1 Å². The average Bonchev–Trinajstić information content (AvgIpc) is 3.60. The maximum absolute atomic E-state index is 6.60. The van der Waals surface area contributed by atoms with E-state index >= 15 is 0 Å². The molecule has 7 aromatic carbocycles. The summed E-state index contributed by atoms with van der Waals surface area (Å²) in [5.74, 6) is 0. The van der Waals surface area contributed by atoms with Crippen molar-refractivity contribution in [1.82, 2.24) is 0 Å². The summed E-state index contributed by atoms with van der Waals surface area (Å²) in [6.07, 6.45) is 0. The highest BCUT2D eigenvalue weighted by Crippen LogP contribution is 2.44. The van der Waals surface area contributed by atoms with Crippen LogP contribution in [0.25, 0.3) is 63.7 Å². The van der Waals surface area contributed by atoms with Crippen molar-refractivity contribution < 1.29 is 4.42 Å². The number of para-hydroxylation sites is 1. The van der Waals surface area contributed by atoms with Crippen molar-refractivity contribution in [2.24, 2.45) is 0 Å². The average molecular weight is 542 g/mol. The number of thiophene rings is 1. The number of benzene rings is 7. The lowest BCUT2D eigenvalue weighted by molar-refractivity contribution is 0.673. The van der Waals surface area contributed by atoms with Crippen LogP contribution in [0.1, 0.15) is 0 Å². The van der Waals surface area contributed by atoms with Gasteiger partial charge in [-0.15, -0.1) is 11.3 Å². The van der Waals surface area contributed by atoms with Gasteiger partial charge in [0, 0.05) is 53.4 Å². The van der Waals surface area contributed by atoms with E-state index in [-0.39, 0.29) is 0 Å². The van der Waals surface area contributed by atoms with Crippen LogP contribution in [-0.4, -0.2) is 0 Å². The number of furan rings is 1. The van der Waals surface area contributed by atoms with Gasteiger partial charge in [-0.3, -0.25) is 0 Å². The first-order chi connectivity index (χ1) is 20.3. The molecule has 192 valence electrons. The molecule has 0 spiro atoms. The van der Waals surface area contributed by atoms with Gasteiger partial charge >= 0.3 is 0 Å². The van der Waals surface area contributed by atoms with Gasteiger partial charge in [0.2, 0.25) is 0 Å². The Morgan fingerprint density at radius 2 is 1.00 bits per heavy atom. The van der Waals surface area contributed by atoms with E-state index in [9.17, 15) is 0 Å². The van der Waals surface area contributed by atoms with Gasteiger partial charge in [-0.1, -0.05) is 84.9 Å². The molecule has 3 heteroatoms. The van der Waals surface area contributed by atoms with E-state index in [4.69, 9.17) is 4.42 Å². The van der Waals surface area contributed by atoms with Crippen molar-refractivity contribution in [3.63, 3.8) is 0 Å². The van der Waals surface area contributed by atoms with Crippen molar-refractivity contribution in [3.05, 3.63) is 140 Å². The third-order valence-electron chi connectivity index (χ3n) is 8.22. The van der Waals surface area contributed by atoms with Crippen LogP contribution in [0.5, 0.6) is 0 Å². The van der Waals surface area contributed by atoms with E-state index in [1.807, 2.05) is 11.3 Å². The first-order valence-corrected chi connectivity index (χ1v) is 14.7. The molecule has 0 aliphatic carbocycles. The molecule has 41 heavy (non-hydrogen) atoms. The topological polar surface area (TPSA) is 16.4 Å². The van der Waals surface area contributed by atoms with Crippen LogP contribution in [0, 0.1) is 0 Å². The Bertz CT molecular complexity index is 2430. The highest BCUT2D eigenvalue weighted by atomic mass is 32.1. The van der Waals surface area contributed by atoms with Crippen LogP contribution in [0.15, 0.2) is 144 Å². The molecule has 0 bridgehead atoms. The van der Waals surface area contributed by atoms with Crippen LogP contribution in [0.2, 0.25) is 0 Å². The molecular formula is C38H23NOS. The minimum Gasteiger partial charge on any atom is -0.455 e. The zero-order valence-corrected chi connectivity index (χ0v) is 22.9. The SMILES string of the molecule is c1ccc(N(c2ccc3sc4ccccc4c3c2)c2ccc3oc4c5ccccc5c5ccccc5c4c3c2)cc1. The van der Waals surface area contributed by atoms with E-state index in [1.165, 1.54) is 41.7 Å². The summed E-state index contributed by atoms with van der Waals surface area (Å²) in [7, 11) is 0. The highest BCUT2D eigenvalue weighted by Gasteiger charge is 2.19. The van der Waals surface area contributed by atoms with Crippen molar-refractivity contribution in [2.45, 2.75) is 0 Å². The molecule has 0 atom stereocenters. The van der Waals surface area contributed by atoms with Gasteiger partial charge in [0.25, 0.3) is 0 Å². The van der Waals surface area contributed by atoms with Gasteiger partial charge in [0.05, 0.1) is 0 Å². The van der Waals surface area contributed by atoms with Crippen molar-refractivity contribution in [3.8, 4) is 0 Å². The van der Waals surface area contributed by atoms with Crippen LogP contribution in [0.3, 0.4) is 0 Å². The maximum Gasteiger partial charge on any atom is 0.143 e. The standard InChI is InChI=1S/C38H23NOS/c1-2-10-24(11-3-1)39(26-19-21-36-32(22-26)29-14-8-9-17-35(29)41-36)25-18-20-34-33(23-25)37-30-15-6-4-12-27(30)28-13-5-7-16-31(28)38(37)40-34/h1-23H. The lowest BCUT2D eigenvalue weighted by Gasteiger charge is -2.25. The molecule has 2 aromatic heterocycles. The second-order valence-electron chi connectivity index (χ2n) is 10.5. The van der Waals surface area contributed by atoms with Gasteiger partial charge in [-0.25, -0.2) is 0 Å². The fourth-order valence-electron chi connectivity index (χ4n) is 6.41. The number of anilines is 3. The summed E-state index contributed by atoms with van der Waals surface area (Å²) in [5, 5.41) is 9.72. The molecule has 0 fully saturated rings. The Hall–Kier alpha value is -5.12. The second kappa shape index (κ2) is 8.69. The lowest BCUT2D eigenvalue weighted by atomic mass is 9.97. The molecule has 2 heterocycles. The second-order valence-corrected chi connectivity index (χ2v) is 11.6. The maximum atomic E-state index is 6.60. The first-order valence-electron chi connectivity index (χ1n) is 13.9. The molecule has 0 aliphatic rings. The van der Waals surface area contributed by atoms with Gasteiger partial charge < -0.3 is 9.32 Å². The molecule has 9 aromatic rings. The van der Waals surface area contributed by atoms with E-state index in [2.05, 4.69) is 144 Å². The zero-order valence-electron chi connectivity index (χ0n) is 22.0. The molecule has 0 saturated carbocycles. The largest absolute Gasteiger partial charge is 0.455 e. The molecule has 0 radical (unpaired) electrons. The van der Waals surface area contributed by atoms with Crippen LogP contribution >= 0.6 is 11.3 Å². The van der Waals surface area contributed by atoms with E-state index in [1.54, 1.807) is 0 Å². The van der Waals surface area contributed by atoms with E-state index in [0.717, 1.165) is 39.0 Å². The molecule has 0 amide bonds. The molecular weight excluding hydrogens is 518 g/mol. The molecule has 9 rings (SSSR count). The minimum atomic E-state index is 0.901. The minimum absolute atomic E-state index is 0.901. The van der Waals surface area contributed by atoms with Crippen LogP contribution < -0.4 is 4.90 Å². The monoisotopic (exact) mass is 541 g/mol. The summed E-state index contributed by atoms with van der Waals surface area (Å²) in [6.45, 7) is 0. The smallest absolute Gasteiger partial charge is 0.143 e. The molecule has 0 saturated heterocycles. The van der Waals surface area contributed by atoms with E-state index in [0.29, 0.717) is 0 Å². The predicted molar refractivity (Wildman–Crippen MR) is 176 cm³/mol. The third-order valence-corrected chi connectivity index (χ3v) is 9.37. The van der Waals surface area contributed by atoms with Crippen LogP contribution in [-0.2, 0) is 0 Å². The number of hydrogen-bond acceptors (Lipinski definition) is 3. The van der Waals surface area contributed by atoms with Crippen molar-refractivity contribution in [2.75, 3.05) is 4.90 Å². The summed E-state index contributed by atoms with van der Waals surface area (Å²) < 4.78 is 9.22. The van der Waals surface area contributed by atoms with Gasteiger partial charge in [0.1, 0.15) is 11.2 Å². The van der Waals surface area contributed by atoms with Crippen LogP contribution in [0.4, 0.5) is 17.1 Å². The molecule has 2 nitrogen and oxygen atoms in total. The fourth-order valence-corrected chi connectivity index (χ4v) is 7.50. The summed E-state index contributed by atoms with van der Waals surface area (Å²) in [6, 6.07) is 50.0. The Morgan fingerprint density at radius 3 is 1.80 bits per heavy atom. The first kappa shape index (κ1) is 22.7. The Morgan fingerprint density at radius 1 is 0.415 bits per heavy atom. The van der Waals surface area contributed by atoms with Gasteiger partial charge in [-0.2, -0.15) is 0 Å². The quantitative estimate of drug-likeness (QED) is 0.207. The Kier molecular flexibility index (Phi) is 4.80. The Balaban J connectivity index is 1.34. The summed E-state index contributed by atoms with van der Waals surface area (Å²) >= 11 is 1.85. The highest BCUT2D eigenvalue weighted by molar-refractivity contribution is 7.25. The Labute approximate surface area is 240 Å². The predicted octanol–water partition coefficient (Wildman–Crippen LogP) is 11.7. The summed E-state index contributed by atoms with van der Waals surface area (Å²) in [4.78, 5) is 2.35. The zero-order chi connectivity index (χ0) is 26.9. The number of nitrogens with zero attached hydrogens (tertiary/aromatic N) is 1. The van der Waals surface area contributed by atoms with Gasteiger partial charge in [0.15, 0.2) is 0 Å².